The highest BCUT2D eigenvalue weighted by Gasteiger charge is 2.14. The van der Waals surface area contributed by atoms with Gasteiger partial charge < -0.3 is 14.8 Å². The van der Waals surface area contributed by atoms with E-state index < -0.39 is 0 Å². The topological polar surface area (TPSA) is 99.1 Å². The third-order valence-electron chi connectivity index (χ3n) is 4.27. The van der Waals surface area contributed by atoms with Crippen LogP contribution in [0.3, 0.4) is 0 Å². The number of nitrogens with zero attached hydrogens (tertiary/aromatic N) is 4. The maximum absolute atomic E-state index is 11.5. The molecule has 4 rings (SSSR count). The fraction of sp³-hybridized carbons (Fsp3) is 0.190. The highest BCUT2D eigenvalue weighted by atomic mass is 32.1. The van der Waals surface area contributed by atoms with Gasteiger partial charge in [0, 0.05) is 30.6 Å². The average Bonchev–Trinajstić information content (AvgIpc) is 3.24. The Hall–Kier alpha value is -3.59. The van der Waals surface area contributed by atoms with Crippen LogP contribution in [-0.4, -0.2) is 46.1 Å². The van der Waals surface area contributed by atoms with Gasteiger partial charge >= 0.3 is 0 Å². The van der Waals surface area contributed by atoms with E-state index in [2.05, 4.69) is 25.3 Å². The van der Waals surface area contributed by atoms with Gasteiger partial charge in [0.1, 0.15) is 22.6 Å². The molecule has 152 valence electrons. The number of carbonyl (C=O) groups is 1. The minimum Gasteiger partial charge on any atom is -0.492 e. The predicted octanol–water partition coefficient (Wildman–Crippen LogP) is 3.36. The molecule has 0 aliphatic rings. The van der Waals surface area contributed by atoms with Crippen LogP contribution in [0.5, 0.6) is 11.6 Å². The number of amides is 1. The van der Waals surface area contributed by atoms with Gasteiger partial charge in [-0.25, -0.2) is 15.0 Å². The third kappa shape index (κ3) is 4.36. The summed E-state index contributed by atoms with van der Waals surface area (Å²) in [6.45, 7) is 0.888. The van der Waals surface area contributed by atoms with Gasteiger partial charge in [-0.05, 0) is 24.3 Å². The molecular formula is C21H19N5O3S. The van der Waals surface area contributed by atoms with Crippen molar-refractivity contribution in [3.8, 4) is 22.9 Å². The lowest BCUT2D eigenvalue weighted by atomic mass is 10.1. The van der Waals surface area contributed by atoms with Gasteiger partial charge in [-0.1, -0.05) is 6.07 Å². The normalized spacial score (nSPS) is 10.7. The summed E-state index contributed by atoms with van der Waals surface area (Å²) < 4.78 is 11.6. The number of hydrogen-bond donors (Lipinski definition) is 1. The van der Waals surface area contributed by atoms with E-state index >= 15 is 0 Å². The van der Waals surface area contributed by atoms with E-state index in [1.807, 2.05) is 23.6 Å². The largest absolute Gasteiger partial charge is 0.492 e. The molecule has 0 aliphatic carbocycles. The quantitative estimate of drug-likeness (QED) is 0.436. The number of carbonyl (C=O) groups excluding carboxylic acids is 1. The summed E-state index contributed by atoms with van der Waals surface area (Å²) in [4.78, 5) is 29.5. The monoisotopic (exact) mass is 421 g/mol. The average molecular weight is 421 g/mol. The molecule has 1 N–H and O–H groups in total. The fourth-order valence-corrected chi connectivity index (χ4v) is 3.70. The van der Waals surface area contributed by atoms with Gasteiger partial charge in [-0.3, -0.25) is 9.78 Å². The van der Waals surface area contributed by atoms with Crippen LogP contribution in [0.15, 0.2) is 54.4 Å². The fourth-order valence-electron chi connectivity index (χ4n) is 2.81. The SMILES string of the molecule is CNC(=O)c1ccc(OCCCOc2ncnc3scc(-c4ccccn4)c23)cn1. The summed E-state index contributed by atoms with van der Waals surface area (Å²) in [5, 5.41) is 5.42. The Kier molecular flexibility index (Phi) is 6.09. The molecule has 0 bridgehead atoms. The van der Waals surface area contributed by atoms with Gasteiger partial charge in [-0.2, -0.15) is 0 Å². The van der Waals surface area contributed by atoms with Crippen LogP contribution in [0.2, 0.25) is 0 Å². The van der Waals surface area contributed by atoms with E-state index in [0.29, 0.717) is 37.0 Å². The third-order valence-corrected chi connectivity index (χ3v) is 5.15. The summed E-state index contributed by atoms with van der Waals surface area (Å²) >= 11 is 1.54. The highest BCUT2D eigenvalue weighted by Crippen LogP contribution is 2.36. The van der Waals surface area contributed by atoms with Crippen molar-refractivity contribution in [3.05, 3.63) is 60.1 Å². The zero-order valence-corrected chi connectivity index (χ0v) is 17.1. The molecule has 0 aliphatic heterocycles. The Labute approximate surface area is 177 Å². The molecule has 0 aromatic carbocycles. The summed E-state index contributed by atoms with van der Waals surface area (Å²) in [5.41, 5.74) is 2.17. The van der Waals surface area contributed by atoms with Crippen molar-refractivity contribution >= 4 is 27.5 Å². The maximum atomic E-state index is 11.5. The molecule has 1 amide bonds. The molecule has 4 aromatic rings. The molecule has 0 fully saturated rings. The Balaban J connectivity index is 1.35. The Morgan fingerprint density at radius 3 is 2.73 bits per heavy atom. The van der Waals surface area contributed by atoms with Crippen molar-refractivity contribution in [1.82, 2.24) is 25.3 Å². The number of rotatable bonds is 8. The van der Waals surface area contributed by atoms with Crippen LogP contribution in [0.1, 0.15) is 16.9 Å². The molecule has 0 atom stereocenters. The zero-order valence-electron chi connectivity index (χ0n) is 16.2. The zero-order chi connectivity index (χ0) is 20.8. The van der Waals surface area contributed by atoms with Crippen LogP contribution >= 0.6 is 11.3 Å². The van der Waals surface area contributed by atoms with E-state index in [4.69, 9.17) is 9.47 Å². The summed E-state index contributed by atoms with van der Waals surface area (Å²) in [6.07, 6.45) is 5.46. The van der Waals surface area contributed by atoms with E-state index in [-0.39, 0.29) is 5.91 Å². The second-order valence-electron chi connectivity index (χ2n) is 6.23. The molecule has 0 saturated carbocycles. The van der Waals surface area contributed by atoms with Crippen LogP contribution < -0.4 is 14.8 Å². The molecule has 0 spiro atoms. The number of pyridine rings is 2. The van der Waals surface area contributed by atoms with Gasteiger partial charge in [0.05, 0.1) is 30.5 Å². The van der Waals surface area contributed by atoms with Gasteiger partial charge in [0.15, 0.2) is 0 Å². The lowest BCUT2D eigenvalue weighted by molar-refractivity contribution is 0.0958. The van der Waals surface area contributed by atoms with Gasteiger partial charge in [0.25, 0.3) is 5.91 Å². The van der Waals surface area contributed by atoms with Crippen molar-refractivity contribution < 1.29 is 14.3 Å². The molecule has 4 heterocycles. The van der Waals surface area contributed by atoms with Gasteiger partial charge in [-0.15, -0.1) is 11.3 Å². The van der Waals surface area contributed by atoms with Crippen molar-refractivity contribution in [2.45, 2.75) is 6.42 Å². The number of aromatic nitrogens is 4. The summed E-state index contributed by atoms with van der Waals surface area (Å²) in [6, 6.07) is 9.13. The van der Waals surface area contributed by atoms with Gasteiger partial charge in [0.2, 0.25) is 5.88 Å². The maximum Gasteiger partial charge on any atom is 0.269 e. The van der Waals surface area contributed by atoms with Crippen LogP contribution in [0.25, 0.3) is 21.5 Å². The van der Waals surface area contributed by atoms with Crippen LogP contribution in [0, 0.1) is 0 Å². The minimum absolute atomic E-state index is 0.232. The second kappa shape index (κ2) is 9.27. The summed E-state index contributed by atoms with van der Waals surface area (Å²) in [5.74, 6) is 0.908. The molecule has 4 aromatic heterocycles. The molecule has 0 radical (unpaired) electrons. The standard InChI is InChI=1S/C21H19N5O3S/c1-22-19(27)17-7-6-14(11-24-17)28-9-4-10-29-20-18-15(16-5-2-3-8-23-16)12-30-21(18)26-13-25-20/h2-3,5-8,11-13H,4,9-10H2,1H3,(H,22,27). The van der Waals surface area contributed by atoms with Crippen molar-refractivity contribution in [2.24, 2.45) is 0 Å². The lowest BCUT2D eigenvalue weighted by Crippen LogP contribution is -2.18. The first-order valence-corrected chi connectivity index (χ1v) is 10.2. The first kappa shape index (κ1) is 19.7. The van der Waals surface area contributed by atoms with E-state index in [1.54, 1.807) is 25.4 Å². The van der Waals surface area contributed by atoms with Crippen molar-refractivity contribution in [2.75, 3.05) is 20.3 Å². The smallest absolute Gasteiger partial charge is 0.269 e. The Morgan fingerprint density at radius 2 is 1.97 bits per heavy atom. The Bertz CT molecular complexity index is 1130. The summed E-state index contributed by atoms with van der Waals surface area (Å²) in [7, 11) is 1.56. The second-order valence-corrected chi connectivity index (χ2v) is 7.09. The van der Waals surface area contributed by atoms with Crippen molar-refractivity contribution in [3.63, 3.8) is 0 Å². The molecular weight excluding hydrogens is 402 g/mol. The Morgan fingerprint density at radius 1 is 1.07 bits per heavy atom. The van der Waals surface area contributed by atoms with E-state index in [0.717, 1.165) is 21.5 Å². The van der Waals surface area contributed by atoms with Crippen molar-refractivity contribution in [1.29, 1.82) is 0 Å². The molecule has 0 unspecified atom stereocenters. The lowest BCUT2D eigenvalue weighted by Gasteiger charge is -2.09. The molecule has 8 nitrogen and oxygen atoms in total. The number of nitrogens with one attached hydrogen (secondary N) is 1. The number of hydrogen-bond acceptors (Lipinski definition) is 8. The number of thiophene rings is 1. The molecule has 30 heavy (non-hydrogen) atoms. The molecule has 0 saturated heterocycles. The van der Waals surface area contributed by atoms with Crippen LogP contribution in [0.4, 0.5) is 0 Å². The molecule has 9 heteroatoms. The number of ether oxygens (including phenoxy) is 2. The first-order chi connectivity index (χ1) is 14.8. The minimum atomic E-state index is -0.232. The van der Waals surface area contributed by atoms with Crippen LogP contribution in [-0.2, 0) is 0 Å². The van der Waals surface area contributed by atoms with E-state index in [9.17, 15) is 4.79 Å². The highest BCUT2D eigenvalue weighted by molar-refractivity contribution is 7.17. The predicted molar refractivity (Wildman–Crippen MR) is 114 cm³/mol. The van der Waals surface area contributed by atoms with E-state index in [1.165, 1.54) is 23.9 Å². The first-order valence-electron chi connectivity index (χ1n) is 9.33. The number of fused-ring (bicyclic) bond motifs is 1.